The van der Waals surface area contributed by atoms with Crippen molar-refractivity contribution in [2.75, 3.05) is 26.3 Å². The Morgan fingerprint density at radius 1 is 1.14 bits per heavy atom. The van der Waals surface area contributed by atoms with Crippen LogP contribution in [0.3, 0.4) is 0 Å². The molecule has 0 aromatic rings. The fourth-order valence-corrected chi connectivity index (χ4v) is 4.53. The highest BCUT2D eigenvalue weighted by Crippen LogP contribution is 2.38. The molecule has 0 bridgehead atoms. The highest BCUT2D eigenvalue weighted by atomic mass is 16.7. The Labute approximate surface area is 129 Å². The van der Waals surface area contributed by atoms with Gasteiger partial charge >= 0.3 is 0 Å². The minimum Gasteiger partial charge on any atom is -0.347 e. The van der Waals surface area contributed by atoms with Crippen molar-refractivity contribution in [2.45, 2.75) is 76.2 Å². The highest BCUT2D eigenvalue weighted by Gasteiger charge is 2.45. The monoisotopic (exact) mass is 296 g/mol. The summed E-state index contributed by atoms with van der Waals surface area (Å²) in [5.41, 5.74) is 6.45. The topological polar surface area (TPSA) is 47.7 Å². The largest absolute Gasteiger partial charge is 0.347 e. The second kappa shape index (κ2) is 6.95. The van der Waals surface area contributed by atoms with Gasteiger partial charge in [-0.25, -0.2) is 0 Å². The Morgan fingerprint density at radius 3 is 2.71 bits per heavy atom. The predicted octanol–water partition coefficient (Wildman–Crippen LogP) is 2.51. The highest BCUT2D eigenvalue weighted by molar-refractivity contribution is 4.95. The summed E-state index contributed by atoms with van der Waals surface area (Å²) in [6.07, 6.45) is 9.72. The third-order valence-electron chi connectivity index (χ3n) is 5.73. The van der Waals surface area contributed by atoms with Crippen LogP contribution in [0.4, 0.5) is 0 Å². The van der Waals surface area contributed by atoms with Gasteiger partial charge in [-0.2, -0.15) is 0 Å². The van der Waals surface area contributed by atoms with Gasteiger partial charge in [0.2, 0.25) is 0 Å². The Bertz CT molecular complexity index is 331. The van der Waals surface area contributed by atoms with Crippen molar-refractivity contribution in [2.24, 2.45) is 11.7 Å². The van der Waals surface area contributed by atoms with E-state index in [9.17, 15) is 0 Å². The summed E-state index contributed by atoms with van der Waals surface area (Å²) < 4.78 is 11.9. The normalized spacial score (nSPS) is 37.7. The first-order valence-corrected chi connectivity index (χ1v) is 9.00. The first-order chi connectivity index (χ1) is 10.2. The number of hydrogen-bond donors (Lipinski definition) is 1. The fraction of sp³-hybridized carbons (Fsp3) is 1.00. The fourth-order valence-electron chi connectivity index (χ4n) is 4.53. The van der Waals surface area contributed by atoms with E-state index >= 15 is 0 Å². The van der Waals surface area contributed by atoms with E-state index in [0.717, 1.165) is 38.4 Å². The Hall–Kier alpha value is -0.160. The van der Waals surface area contributed by atoms with E-state index < -0.39 is 0 Å². The van der Waals surface area contributed by atoms with Crippen LogP contribution < -0.4 is 5.73 Å². The molecule has 4 nitrogen and oxygen atoms in total. The molecule has 0 aromatic heterocycles. The van der Waals surface area contributed by atoms with Gasteiger partial charge < -0.3 is 15.2 Å². The van der Waals surface area contributed by atoms with Crippen molar-refractivity contribution in [1.82, 2.24) is 4.90 Å². The summed E-state index contributed by atoms with van der Waals surface area (Å²) >= 11 is 0. The van der Waals surface area contributed by atoms with Crippen molar-refractivity contribution in [3.63, 3.8) is 0 Å². The zero-order valence-electron chi connectivity index (χ0n) is 13.6. The first kappa shape index (κ1) is 15.7. The van der Waals surface area contributed by atoms with E-state index in [4.69, 9.17) is 15.2 Å². The average Bonchev–Trinajstić information content (AvgIpc) is 2.81. The SMILES string of the molecule is CCCC1CCCN(C2CC3(CCC2N)OCCO3)CC1. The van der Waals surface area contributed by atoms with Crippen LogP contribution >= 0.6 is 0 Å². The summed E-state index contributed by atoms with van der Waals surface area (Å²) in [4.78, 5) is 2.65. The minimum atomic E-state index is -0.310. The van der Waals surface area contributed by atoms with E-state index in [1.54, 1.807) is 0 Å². The third-order valence-corrected chi connectivity index (χ3v) is 5.73. The molecule has 2 heterocycles. The molecule has 0 radical (unpaired) electrons. The van der Waals surface area contributed by atoms with Gasteiger partial charge in [-0.3, -0.25) is 4.90 Å². The van der Waals surface area contributed by atoms with Crippen LogP contribution in [-0.4, -0.2) is 49.1 Å². The maximum atomic E-state index is 6.45. The molecule has 2 aliphatic heterocycles. The number of nitrogens with two attached hydrogens (primary N) is 1. The lowest BCUT2D eigenvalue weighted by molar-refractivity contribution is -0.191. The molecule has 2 N–H and O–H groups in total. The van der Waals surface area contributed by atoms with Crippen molar-refractivity contribution in [3.05, 3.63) is 0 Å². The molecule has 3 unspecified atom stereocenters. The summed E-state index contributed by atoms with van der Waals surface area (Å²) in [6, 6.07) is 0.725. The number of rotatable bonds is 3. The van der Waals surface area contributed by atoms with Gasteiger partial charge in [0.25, 0.3) is 0 Å². The van der Waals surface area contributed by atoms with Crippen LogP contribution in [0.25, 0.3) is 0 Å². The minimum absolute atomic E-state index is 0.283. The number of hydrogen-bond acceptors (Lipinski definition) is 4. The van der Waals surface area contributed by atoms with E-state index in [1.807, 2.05) is 0 Å². The van der Waals surface area contributed by atoms with E-state index in [2.05, 4.69) is 11.8 Å². The maximum absolute atomic E-state index is 6.45. The van der Waals surface area contributed by atoms with Crippen LogP contribution in [0.5, 0.6) is 0 Å². The standard InChI is InChI=1S/C17H32N2O2/c1-2-4-14-5-3-9-19(10-7-14)16-13-17(8-6-15(16)18)20-11-12-21-17/h14-16H,2-13,18H2,1H3. The van der Waals surface area contributed by atoms with E-state index in [1.165, 1.54) is 45.2 Å². The average molecular weight is 296 g/mol. The van der Waals surface area contributed by atoms with Crippen molar-refractivity contribution in [3.8, 4) is 0 Å². The Kier molecular flexibility index (Phi) is 5.20. The molecule has 1 aliphatic carbocycles. The van der Waals surface area contributed by atoms with Gasteiger partial charge in [-0.1, -0.05) is 19.8 Å². The molecule has 3 fully saturated rings. The summed E-state index contributed by atoms with van der Waals surface area (Å²) in [7, 11) is 0. The Balaban J connectivity index is 1.61. The zero-order chi connectivity index (χ0) is 14.7. The molecule has 4 heteroatoms. The first-order valence-electron chi connectivity index (χ1n) is 9.00. The maximum Gasteiger partial charge on any atom is 0.170 e. The molecule has 1 saturated carbocycles. The van der Waals surface area contributed by atoms with Gasteiger partial charge in [-0.05, 0) is 44.7 Å². The molecule has 1 spiro atoms. The van der Waals surface area contributed by atoms with Gasteiger partial charge in [0.05, 0.1) is 13.2 Å². The van der Waals surface area contributed by atoms with Crippen molar-refractivity contribution in [1.29, 1.82) is 0 Å². The molecule has 3 atom stereocenters. The molecule has 122 valence electrons. The molecule has 2 saturated heterocycles. The van der Waals surface area contributed by atoms with Crippen molar-refractivity contribution < 1.29 is 9.47 Å². The molecule has 3 rings (SSSR count). The second-order valence-electron chi connectivity index (χ2n) is 7.20. The Morgan fingerprint density at radius 2 is 1.95 bits per heavy atom. The lowest BCUT2D eigenvalue weighted by atomic mass is 9.85. The number of ether oxygens (including phenoxy) is 2. The van der Waals surface area contributed by atoms with E-state index in [0.29, 0.717) is 6.04 Å². The van der Waals surface area contributed by atoms with Crippen LogP contribution in [0.15, 0.2) is 0 Å². The molecule has 21 heavy (non-hydrogen) atoms. The van der Waals surface area contributed by atoms with Gasteiger partial charge in [-0.15, -0.1) is 0 Å². The quantitative estimate of drug-likeness (QED) is 0.869. The number of likely N-dealkylation sites (tertiary alicyclic amines) is 1. The van der Waals surface area contributed by atoms with Crippen LogP contribution in [0.2, 0.25) is 0 Å². The lowest BCUT2D eigenvalue weighted by Gasteiger charge is -2.44. The third kappa shape index (κ3) is 3.61. The van der Waals surface area contributed by atoms with Crippen LogP contribution in [0, 0.1) is 5.92 Å². The summed E-state index contributed by atoms with van der Waals surface area (Å²) in [6.45, 7) is 6.22. The van der Waals surface area contributed by atoms with Crippen LogP contribution in [-0.2, 0) is 9.47 Å². The smallest absolute Gasteiger partial charge is 0.170 e. The second-order valence-corrected chi connectivity index (χ2v) is 7.20. The van der Waals surface area contributed by atoms with Crippen molar-refractivity contribution >= 4 is 0 Å². The van der Waals surface area contributed by atoms with Gasteiger partial charge in [0.15, 0.2) is 5.79 Å². The zero-order valence-corrected chi connectivity index (χ0v) is 13.6. The molecular formula is C17H32N2O2. The number of nitrogens with zero attached hydrogens (tertiary/aromatic N) is 1. The summed E-state index contributed by atoms with van der Waals surface area (Å²) in [5, 5.41) is 0. The lowest BCUT2D eigenvalue weighted by Crippen LogP contribution is -2.56. The predicted molar refractivity (Wildman–Crippen MR) is 84.1 cm³/mol. The summed E-state index contributed by atoms with van der Waals surface area (Å²) in [5.74, 6) is 0.614. The van der Waals surface area contributed by atoms with Gasteiger partial charge in [0.1, 0.15) is 0 Å². The van der Waals surface area contributed by atoms with Gasteiger partial charge in [0, 0.05) is 24.9 Å². The molecule has 0 amide bonds. The van der Waals surface area contributed by atoms with Crippen LogP contribution in [0.1, 0.15) is 58.3 Å². The molecule has 3 aliphatic rings. The van der Waals surface area contributed by atoms with E-state index in [-0.39, 0.29) is 11.8 Å². The molecule has 0 aromatic carbocycles. The molecular weight excluding hydrogens is 264 g/mol.